The maximum atomic E-state index is 10.6. The van der Waals surface area contributed by atoms with E-state index in [1.165, 1.54) is 12.1 Å². The first-order valence-corrected chi connectivity index (χ1v) is 6.99. The largest absolute Gasteiger partial charge is 0.300 e. The number of nitrogens with zero attached hydrogens (tertiary/aromatic N) is 4. The van der Waals surface area contributed by atoms with Gasteiger partial charge in [0.2, 0.25) is 0 Å². The summed E-state index contributed by atoms with van der Waals surface area (Å²) in [4.78, 5) is 10.2. The van der Waals surface area contributed by atoms with Crippen molar-refractivity contribution in [1.29, 1.82) is 0 Å². The minimum Gasteiger partial charge on any atom is -0.300 e. The average molecular weight is 306 g/mol. The molecule has 0 aliphatic rings. The van der Waals surface area contributed by atoms with Gasteiger partial charge in [0, 0.05) is 23.8 Å². The first kappa shape index (κ1) is 14.6. The molecule has 0 saturated carbocycles. The van der Waals surface area contributed by atoms with Gasteiger partial charge in [-0.05, 0) is 42.3 Å². The normalized spacial score (nSPS) is 11.2. The van der Waals surface area contributed by atoms with Gasteiger partial charge in [0.05, 0.1) is 10.6 Å². The molecule has 0 amide bonds. The fourth-order valence-electron chi connectivity index (χ4n) is 2.30. The molecular weight excluding hydrogens is 292 g/mol. The van der Waals surface area contributed by atoms with Gasteiger partial charge < -0.3 is 0 Å². The summed E-state index contributed by atoms with van der Waals surface area (Å²) < 4.78 is 1.95. The number of non-ortho nitro benzene ring substituents is 1. The Kier molecular flexibility index (Phi) is 3.72. The minimum absolute atomic E-state index is 0.0314. The van der Waals surface area contributed by atoms with Crippen LogP contribution >= 0.6 is 0 Å². The lowest BCUT2D eigenvalue weighted by molar-refractivity contribution is -0.384. The monoisotopic (exact) mass is 306 g/mol. The highest BCUT2D eigenvalue weighted by Gasteiger charge is 2.07. The van der Waals surface area contributed by atoms with Crippen LogP contribution in [0.3, 0.4) is 0 Å². The van der Waals surface area contributed by atoms with E-state index in [-0.39, 0.29) is 5.69 Å². The molecular formula is C17H14N4O2. The SMILES string of the molecule is C=Cc1ccc2cc(C)c(N=Nc3ccc([N+](=O)[O-])cc3)n2c1. The second-order valence-corrected chi connectivity index (χ2v) is 5.09. The molecule has 3 rings (SSSR count). The molecule has 1 aromatic carbocycles. The van der Waals surface area contributed by atoms with Crippen LogP contribution in [0, 0.1) is 17.0 Å². The number of fused-ring (bicyclic) bond motifs is 1. The third kappa shape index (κ3) is 2.87. The van der Waals surface area contributed by atoms with Crippen LogP contribution in [0.25, 0.3) is 11.6 Å². The third-order valence-corrected chi connectivity index (χ3v) is 3.50. The number of aryl methyl sites for hydroxylation is 1. The Morgan fingerprint density at radius 1 is 1.17 bits per heavy atom. The van der Waals surface area contributed by atoms with Gasteiger partial charge in [0.1, 0.15) is 0 Å². The zero-order valence-electron chi connectivity index (χ0n) is 12.5. The lowest BCUT2D eigenvalue weighted by atomic mass is 10.2. The maximum Gasteiger partial charge on any atom is 0.269 e. The molecule has 0 N–H and O–H groups in total. The van der Waals surface area contributed by atoms with Crippen LogP contribution in [0.2, 0.25) is 0 Å². The molecule has 0 bridgehead atoms. The Morgan fingerprint density at radius 3 is 2.57 bits per heavy atom. The molecule has 0 fully saturated rings. The van der Waals surface area contributed by atoms with Crippen LogP contribution in [0.4, 0.5) is 17.2 Å². The molecule has 0 atom stereocenters. The zero-order chi connectivity index (χ0) is 16.4. The Bertz CT molecular complexity index is 924. The van der Waals surface area contributed by atoms with E-state index in [0.717, 1.165) is 22.5 Å². The van der Waals surface area contributed by atoms with Gasteiger partial charge in [-0.2, -0.15) is 0 Å². The molecule has 114 valence electrons. The standard InChI is InChI=1S/C17H14N4O2/c1-3-13-4-7-16-10-12(2)17(20(16)11-13)19-18-14-5-8-15(9-6-14)21(22)23/h3-11H,1H2,2H3. The molecule has 0 spiro atoms. The third-order valence-electron chi connectivity index (χ3n) is 3.50. The van der Waals surface area contributed by atoms with Gasteiger partial charge in [0.25, 0.3) is 5.69 Å². The molecule has 0 radical (unpaired) electrons. The lowest BCUT2D eigenvalue weighted by Crippen LogP contribution is -1.85. The van der Waals surface area contributed by atoms with Gasteiger partial charge in [-0.1, -0.05) is 18.7 Å². The maximum absolute atomic E-state index is 10.6. The molecule has 0 aliphatic carbocycles. The Balaban J connectivity index is 1.98. The Hall–Kier alpha value is -3.28. The quantitative estimate of drug-likeness (QED) is 0.377. The van der Waals surface area contributed by atoms with Crippen molar-refractivity contribution in [3.8, 4) is 0 Å². The molecule has 0 aliphatic heterocycles. The number of azo groups is 1. The fraction of sp³-hybridized carbons (Fsp3) is 0.0588. The molecule has 6 heteroatoms. The topological polar surface area (TPSA) is 72.3 Å². The molecule has 23 heavy (non-hydrogen) atoms. The van der Waals surface area contributed by atoms with Crippen molar-refractivity contribution in [2.75, 3.05) is 0 Å². The van der Waals surface area contributed by atoms with E-state index in [1.807, 2.05) is 35.7 Å². The van der Waals surface area contributed by atoms with Crippen molar-refractivity contribution in [2.24, 2.45) is 10.2 Å². The minimum atomic E-state index is -0.442. The predicted octanol–water partition coefficient (Wildman–Crippen LogP) is 5.21. The van der Waals surface area contributed by atoms with Crippen molar-refractivity contribution < 1.29 is 4.92 Å². The van der Waals surface area contributed by atoms with Gasteiger partial charge in [-0.3, -0.25) is 14.5 Å². The van der Waals surface area contributed by atoms with Gasteiger partial charge in [0.15, 0.2) is 5.82 Å². The number of benzene rings is 1. The van der Waals surface area contributed by atoms with Crippen molar-refractivity contribution in [3.05, 3.63) is 76.5 Å². The van der Waals surface area contributed by atoms with Gasteiger partial charge in [-0.15, -0.1) is 10.2 Å². The molecule has 3 aromatic rings. The average Bonchev–Trinajstić information content (AvgIpc) is 2.87. The van der Waals surface area contributed by atoms with Crippen molar-refractivity contribution in [1.82, 2.24) is 4.40 Å². The number of pyridine rings is 1. The second kappa shape index (κ2) is 5.84. The van der Waals surface area contributed by atoms with E-state index in [9.17, 15) is 10.1 Å². The summed E-state index contributed by atoms with van der Waals surface area (Å²) in [7, 11) is 0. The number of nitro groups is 1. The summed E-state index contributed by atoms with van der Waals surface area (Å²) >= 11 is 0. The van der Waals surface area contributed by atoms with E-state index < -0.39 is 4.92 Å². The molecule has 0 unspecified atom stereocenters. The molecule has 2 aromatic heterocycles. The predicted molar refractivity (Wildman–Crippen MR) is 89.5 cm³/mol. The summed E-state index contributed by atoms with van der Waals surface area (Å²) in [6.07, 6.45) is 3.71. The van der Waals surface area contributed by atoms with E-state index in [2.05, 4.69) is 16.8 Å². The van der Waals surface area contributed by atoms with Crippen molar-refractivity contribution in [3.63, 3.8) is 0 Å². The molecule has 6 nitrogen and oxygen atoms in total. The van der Waals surface area contributed by atoms with Gasteiger partial charge >= 0.3 is 0 Å². The lowest BCUT2D eigenvalue weighted by Gasteiger charge is -2.00. The van der Waals surface area contributed by atoms with Crippen LogP contribution in [-0.2, 0) is 0 Å². The number of rotatable bonds is 4. The Labute approximate surface area is 132 Å². The second-order valence-electron chi connectivity index (χ2n) is 5.09. The number of aromatic nitrogens is 1. The van der Waals surface area contributed by atoms with Crippen LogP contribution in [0.5, 0.6) is 0 Å². The van der Waals surface area contributed by atoms with Crippen molar-refractivity contribution >= 4 is 28.8 Å². The number of hydrogen-bond donors (Lipinski definition) is 0. The van der Waals surface area contributed by atoms with E-state index in [4.69, 9.17) is 0 Å². The van der Waals surface area contributed by atoms with Gasteiger partial charge in [-0.25, -0.2) is 0 Å². The van der Waals surface area contributed by atoms with E-state index in [1.54, 1.807) is 18.2 Å². The highest BCUT2D eigenvalue weighted by Crippen LogP contribution is 2.27. The highest BCUT2D eigenvalue weighted by atomic mass is 16.6. The molecule has 0 saturated heterocycles. The van der Waals surface area contributed by atoms with Crippen molar-refractivity contribution in [2.45, 2.75) is 6.92 Å². The number of hydrogen-bond acceptors (Lipinski definition) is 4. The summed E-state index contributed by atoms with van der Waals surface area (Å²) in [5, 5.41) is 19.1. The number of nitro benzene ring substituents is 1. The summed E-state index contributed by atoms with van der Waals surface area (Å²) in [5.74, 6) is 0.724. The summed E-state index contributed by atoms with van der Waals surface area (Å²) in [5.41, 5.74) is 3.59. The smallest absolute Gasteiger partial charge is 0.269 e. The summed E-state index contributed by atoms with van der Waals surface area (Å²) in [6, 6.07) is 12.0. The van der Waals surface area contributed by atoms with Crippen LogP contribution in [0.15, 0.2) is 65.5 Å². The first-order chi connectivity index (χ1) is 11.1. The van der Waals surface area contributed by atoms with Crippen LogP contribution in [-0.4, -0.2) is 9.32 Å². The first-order valence-electron chi connectivity index (χ1n) is 6.99. The van der Waals surface area contributed by atoms with E-state index in [0.29, 0.717) is 5.69 Å². The summed E-state index contributed by atoms with van der Waals surface area (Å²) in [6.45, 7) is 5.73. The van der Waals surface area contributed by atoms with Crippen LogP contribution in [0.1, 0.15) is 11.1 Å². The fourth-order valence-corrected chi connectivity index (χ4v) is 2.30. The zero-order valence-corrected chi connectivity index (χ0v) is 12.5. The van der Waals surface area contributed by atoms with E-state index >= 15 is 0 Å². The Morgan fingerprint density at radius 2 is 1.91 bits per heavy atom. The highest BCUT2D eigenvalue weighted by molar-refractivity contribution is 5.63. The van der Waals surface area contributed by atoms with Crippen LogP contribution < -0.4 is 0 Å². The molecule has 2 heterocycles.